The second kappa shape index (κ2) is 9.71. The molecule has 2 aromatic rings. The van der Waals surface area contributed by atoms with Crippen LogP contribution in [-0.2, 0) is 13.1 Å². The number of phenols is 1. The van der Waals surface area contributed by atoms with E-state index in [0.29, 0.717) is 13.1 Å². The molecule has 6 heteroatoms. The van der Waals surface area contributed by atoms with Crippen LogP contribution in [0, 0.1) is 6.92 Å². The summed E-state index contributed by atoms with van der Waals surface area (Å²) in [5, 5.41) is 12.7. The standard InChI is InChI=1S/C21H29N3O3/c1-6-22-21(23-13-16-7-9-18(25)10-8-16)24(3)14-17-12-20(27-5)19(26-4)11-15(17)2/h7-12,25H,6,13-14H2,1-5H3,(H,22,23). The number of aliphatic imine (C=N–C) groups is 1. The van der Waals surface area contributed by atoms with Gasteiger partial charge in [-0.05, 0) is 54.8 Å². The first-order valence-electron chi connectivity index (χ1n) is 8.97. The van der Waals surface area contributed by atoms with E-state index in [0.717, 1.165) is 40.7 Å². The van der Waals surface area contributed by atoms with Crippen LogP contribution < -0.4 is 14.8 Å². The van der Waals surface area contributed by atoms with Gasteiger partial charge < -0.3 is 24.8 Å². The van der Waals surface area contributed by atoms with Gasteiger partial charge in [-0.15, -0.1) is 0 Å². The summed E-state index contributed by atoms with van der Waals surface area (Å²) in [6, 6.07) is 11.1. The van der Waals surface area contributed by atoms with Crippen molar-refractivity contribution in [2.24, 2.45) is 4.99 Å². The quantitative estimate of drug-likeness (QED) is 0.577. The molecule has 0 aliphatic rings. The predicted molar refractivity (Wildman–Crippen MR) is 109 cm³/mol. The number of aryl methyl sites for hydroxylation is 1. The Kier molecular flexibility index (Phi) is 7.34. The van der Waals surface area contributed by atoms with Crippen molar-refractivity contribution >= 4 is 5.96 Å². The molecule has 0 saturated heterocycles. The van der Waals surface area contributed by atoms with Gasteiger partial charge in [0.25, 0.3) is 0 Å². The molecule has 0 aromatic heterocycles. The number of rotatable bonds is 7. The highest BCUT2D eigenvalue weighted by Crippen LogP contribution is 2.30. The van der Waals surface area contributed by atoms with Crippen molar-refractivity contribution < 1.29 is 14.6 Å². The molecule has 0 bridgehead atoms. The van der Waals surface area contributed by atoms with Crippen molar-refractivity contribution in [3.63, 3.8) is 0 Å². The van der Waals surface area contributed by atoms with Crippen LogP contribution in [0.2, 0.25) is 0 Å². The van der Waals surface area contributed by atoms with Gasteiger partial charge in [0.05, 0.1) is 20.8 Å². The lowest BCUT2D eigenvalue weighted by Crippen LogP contribution is -2.38. The maximum absolute atomic E-state index is 9.40. The van der Waals surface area contributed by atoms with Crippen LogP contribution in [0.3, 0.4) is 0 Å². The molecule has 0 spiro atoms. The minimum Gasteiger partial charge on any atom is -0.508 e. The molecule has 0 aliphatic heterocycles. The summed E-state index contributed by atoms with van der Waals surface area (Å²) in [6.07, 6.45) is 0. The summed E-state index contributed by atoms with van der Waals surface area (Å²) < 4.78 is 10.8. The Morgan fingerprint density at radius 2 is 1.74 bits per heavy atom. The van der Waals surface area contributed by atoms with Crippen molar-refractivity contribution in [3.05, 3.63) is 53.1 Å². The number of methoxy groups -OCH3 is 2. The largest absolute Gasteiger partial charge is 0.508 e. The number of hydrogen-bond acceptors (Lipinski definition) is 4. The molecule has 146 valence electrons. The lowest BCUT2D eigenvalue weighted by atomic mass is 10.1. The number of hydrogen-bond donors (Lipinski definition) is 2. The van der Waals surface area contributed by atoms with E-state index in [1.807, 2.05) is 38.2 Å². The zero-order valence-electron chi connectivity index (χ0n) is 16.7. The summed E-state index contributed by atoms with van der Waals surface area (Å²) in [5.41, 5.74) is 3.32. The number of nitrogens with zero attached hydrogens (tertiary/aromatic N) is 2. The van der Waals surface area contributed by atoms with Crippen LogP contribution in [-0.4, -0.2) is 43.8 Å². The summed E-state index contributed by atoms with van der Waals surface area (Å²) >= 11 is 0. The summed E-state index contributed by atoms with van der Waals surface area (Å²) in [6.45, 7) is 6.12. The Balaban J connectivity index is 2.17. The SMILES string of the molecule is CCNC(=NCc1ccc(O)cc1)N(C)Cc1cc(OC)c(OC)cc1C. The van der Waals surface area contributed by atoms with Gasteiger partial charge in [0.2, 0.25) is 0 Å². The van der Waals surface area contributed by atoms with Gasteiger partial charge in [-0.1, -0.05) is 12.1 Å². The monoisotopic (exact) mass is 371 g/mol. The van der Waals surface area contributed by atoms with Gasteiger partial charge in [-0.25, -0.2) is 4.99 Å². The van der Waals surface area contributed by atoms with E-state index in [-0.39, 0.29) is 5.75 Å². The Bertz CT molecular complexity index is 773. The highest BCUT2D eigenvalue weighted by molar-refractivity contribution is 5.79. The first kappa shape index (κ1) is 20.4. The summed E-state index contributed by atoms with van der Waals surface area (Å²) in [7, 11) is 5.29. The molecule has 2 rings (SSSR count). The zero-order chi connectivity index (χ0) is 19.8. The zero-order valence-corrected chi connectivity index (χ0v) is 16.7. The van der Waals surface area contributed by atoms with Crippen molar-refractivity contribution in [3.8, 4) is 17.2 Å². The fourth-order valence-electron chi connectivity index (χ4n) is 2.76. The van der Waals surface area contributed by atoms with Crippen LogP contribution in [0.1, 0.15) is 23.6 Å². The highest BCUT2D eigenvalue weighted by Gasteiger charge is 2.12. The van der Waals surface area contributed by atoms with Gasteiger partial charge in [0.15, 0.2) is 17.5 Å². The maximum Gasteiger partial charge on any atom is 0.194 e. The molecular formula is C21H29N3O3. The van der Waals surface area contributed by atoms with Crippen LogP contribution >= 0.6 is 0 Å². The highest BCUT2D eigenvalue weighted by atomic mass is 16.5. The number of aromatic hydroxyl groups is 1. The van der Waals surface area contributed by atoms with E-state index in [2.05, 4.69) is 17.1 Å². The number of ether oxygens (including phenoxy) is 2. The summed E-state index contributed by atoms with van der Waals surface area (Å²) in [4.78, 5) is 6.79. The molecule has 27 heavy (non-hydrogen) atoms. The average Bonchev–Trinajstić information content (AvgIpc) is 2.67. The Labute approximate surface area is 161 Å². The van der Waals surface area contributed by atoms with E-state index >= 15 is 0 Å². The van der Waals surface area contributed by atoms with Gasteiger partial charge in [0.1, 0.15) is 5.75 Å². The third-order valence-corrected chi connectivity index (χ3v) is 4.29. The molecule has 0 unspecified atom stereocenters. The van der Waals surface area contributed by atoms with Gasteiger partial charge in [-0.3, -0.25) is 0 Å². The van der Waals surface area contributed by atoms with E-state index in [1.54, 1.807) is 26.4 Å². The van der Waals surface area contributed by atoms with E-state index < -0.39 is 0 Å². The van der Waals surface area contributed by atoms with Crippen LogP contribution in [0.4, 0.5) is 0 Å². The molecule has 2 N–H and O–H groups in total. The molecule has 0 atom stereocenters. The van der Waals surface area contributed by atoms with Gasteiger partial charge in [0, 0.05) is 20.1 Å². The fourth-order valence-corrected chi connectivity index (χ4v) is 2.76. The predicted octanol–water partition coefficient (Wildman–Crippen LogP) is 3.32. The second-order valence-electron chi connectivity index (χ2n) is 6.33. The van der Waals surface area contributed by atoms with Crippen LogP contribution in [0.15, 0.2) is 41.4 Å². The molecule has 0 radical (unpaired) electrons. The van der Waals surface area contributed by atoms with Gasteiger partial charge in [-0.2, -0.15) is 0 Å². The first-order chi connectivity index (χ1) is 13.0. The van der Waals surface area contributed by atoms with E-state index in [1.165, 1.54) is 0 Å². The third kappa shape index (κ3) is 5.54. The van der Waals surface area contributed by atoms with Crippen molar-refractivity contribution in [2.75, 3.05) is 27.8 Å². The van der Waals surface area contributed by atoms with E-state index in [9.17, 15) is 5.11 Å². The number of nitrogens with one attached hydrogen (secondary N) is 1. The normalized spacial score (nSPS) is 11.2. The van der Waals surface area contributed by atoms with Crippen molar-refractivity contribution in [2.45, 2.75) is 26.9 Å². The van der Waals surface area contributed by atoms with Gasteiger partial charge >= 0.3 is 0 Å². The Morgan fingerprint density at radius 1 is 1.11 bits per heavy atom. The lowest BCUT2D eigenvalue weighted by molar-refractivity contribution is 0.353. The number of phenolic OH excluding ortho intramolecular Hbond substituents is 1. The van der Waals surface area contributed by atoms with Crippen molar-refractivity contribution in [1.82, 2.24) is 10.2 Å². The molecule has 0 fully saturated rings. The molecule has 0 saturated carbocycles. The number of guanidine groups is 1. The minimum atomic E-state index is 0.260. The average molecular weight is 371 g/mol. The second-order valence-corrected chi connectivity index (χ2v) is 6.33. The van der Waals surface area contributed by atoms with Crippen LogP contribution in [0.5, 0.6) is 17.2 Å². The third-order valence-electron chi connectivity index (χ3n) is 4.29. The molecular weight excluding hydrogens is 342 g/mol. The Hall–Kier alpha value is -2.89. The fraction of sp³-hybridized carbons (Fsp3) is 0.381. The van der Waals surface area contributed by atoms with Crippen molar-refractivity contribution in [1.29, 1.82) is 0 Å². The lowest BCUT2D eigenvalue weighted by Gasteiger charge is -2.23. The Morgan fingerprint density at radius 3 is 2.33 bits per heavy atom. The molecule has 0 amide bonds. The molecule has 6 nitrogen and oxygen atoms in total. The smallest absolute Gasteiger partial charge is 0.194 e. The molecule has 0 heterocycles. The topological polar surface area (TPSA) is 66.3 Å². The molecule has 2 aromatic carbocycles. The number of benzene rings is 2. The maximum atomic E-state index is 9.40. The first-order valence-corrected chi connectivity index (χ1v) is 8.97. The molecule has 0 aliphatic carbocycles. The minimum absolute atomic E-state index is 0.260. The van der Waals surface area contributed by atoms with E-state index in [4.69, 9.17) is 14.5 Å². The summed E-state index contributed by atoms with van der Waals surface area (Å²) in [5.74, 6) is 2.53. The van der Waals surface area contributed by atoms with Crippen LogP contribution in [0.25, 0.3) is 0 Å².